The highest BCUT2D eigenvalue weighted by molar-refractivity contribution is 7.91. The maximum absolute atomic E-state index is 11.3. The minimum Gasteiger partial charge on any atom is -0.378 e. The van der Waals surface area contributed by atoms with Gasteiger partial charge in [-0.1, -0.05) is 13.8 Å². The van der Waals surface area contributed by atoms with Gasteiger partial charge in [0.05, 0.1) is 11.9 Å². The zero-order chi connectivity index (χ0) is 12.0. The van der Waals surface area contributed by atoms with E-state index in [9.17, 15) is 8.42 Å². The van der Waals surface area contributed by atoms with Crippen molar-refractivity contribution >= 4 is 9.84 Å². The number of nitrogens with one attached hydrogen (secondary N) is 1. The average molecular weight is 249 g/mol. The van der Waals surface area contributed by atoms with Crippen LogP contribution in [0.4, 0.5) is 0 Å². The van der Waals surface area contributed by atoms with Gasteiger partial charge in [-0.3, -0.25) is 0 Å². The molecule has 2 atom stereocenters. The standard InChI is InChI=1S/C11H23NO3S/c1-3-11-10(5-7-15-11)9-12-6-8-16(13,14)4-2/h10-12H,3-9H2,1-2H3. The molecule has 96 valence electrons. The maximum Gasteiger partial charge on any atom is 0.151 e. The highest BCUT2D eigenvalue weighted by Gasteiger charge is 2.25. The van der Waals surface area contributed by atoms with E-state index in [1.54, 1.807) is 6.92 Å². The first-order chi connectivity index (χ1) is 7.59. The largest absolute Gasteiger partial charge is 0.378 e. The monoisotopic (exact) mass is 249 g/mol. The second-order valence-electron chi connectivity index (χ2n) is 4.31. The molecule has 1 heterocycles. The third-order valence-electron chi connectivity index (χ3n) is 3.18. The van der Waals surface area contributed by atoms with Crippen LogP contribution in [0.2, 0.25) is 0 Å². The Labute approximate surface area is 98.7 Å². The molecule has 0 spiro atoms. The lowest BCUT2D eigenvalue weighted by Crippen LogP contribution is -2.31. The van der Waals surface area contributed by atoms with Gasteiger partial charge in [0.1, 0.15) is 0 Å². The molecule has 0 amide bonds. The molecule has 0 saturated carbocycles. The molecular weight excluding hydrogens is 226 g/mol. The minimum atomic E-state index is -2.83. The van der Waals surface area contributed by atoms with Crippen LogP contribution in [0.3, 0.4) is 0 Å². The summed E-state index contributed by atoms with van der Waals surface area (Å²) >= 11 is 0. The molecule has 1 aliphatic heterocycles. The Morgan fingerprint density at radius 2 is 2.12 bits per heavy atom. The summed E-state index contributed by atoms with van der Waals surface area (Å²) in [6, 6.07) is 0. The second-order valence-corrected chi connectivity index (χ2v) is 6.78. The normalized spacial score (nSPS) is 26.1. The molecule has 1 N–H and O–H groups in total. The van der Waals surface area contributed by atoms with Crippen LogP contribution in [0.1, 0.15) is 26.7 Å². The van der Waals surface area contributed by atoms with Crippen molar-refractivity contribution in [2.24, 2.45) is 5.92 Å². The van der Waals surface area contributed by atoms with Crippen LogP contribution < -0.4 is 5.32 Å². The fourth-order valence-corrected chi connectivity index (χ4v) is 2.78. The van der Waals surface area contributed by atoms with Crippen LogP contribution >= 0.6 is 0 Å². The van der Waals surface area contributed by atoms with E-state index in [0.29, 0.717) is 18.6 Å². The topological polar surface area (TPSA) is 55.4 Å². The van der Waals surface area contributed by atoms with Crippen molar-refractivity contribution in [2.75, 3.05) is 31.2 Å². The van der Waals surface area contributed by atoms with Gasteiger partial charge < -0.3 is 10.1 Å². The van der Waals surface area contributed by atoms with Crippen molar-refractivity contribution < 1.29 is 13.2 Å². The van der Waals surface area contributed by atoms with Crippen LogP contribution in [-0.2, 0) is 14.6 Å². The second kappa shape index (κ2) is 6.57. The molecule has 0 radical (unpaired) electrons. The Morgan fingerprint density at radius 1 is 1.38 bits per heavy atom. The Morgan fingerprint density at radius 3 is 2.75 bits per heavy atom. The number of sulfone groups is 1. The highest BCUT2D eigenvalue weighted by atomic mass is 32.2. The van der Waals surface area contributed by atoms with E-state index in [4.69, 9.17) is 4.74 Å². The fraction of sp³-hybridized carbons (Fsp3) is 1.00. The van der Waals surface area contributed by atoms with Crippen molar-refractivity contribution in [2.45, 2.75) is 32.8 Å². The van der Waals surface area contributed by atoms with Gasteiger partial charge in [-0.25, -0.2) is 8.42 Å². The molecule has 4 nitrogen and oxygen atoms in total. The van der Waals surface area contributed by atoms with Gasteiger partial charge in [0, 0.05) is 25.4 Å². The Bertz CT molecular complexity index is 290. The molecule has 0 bridgehead atoms. The molecule has 0 aromatic heterocycles. The molecule has 2 unspecified atom stereocenters. The fourth-order valence-electron chi connectivity index (χ4n) is 2.04. The average Bonchev–Trinajstić information content (AvgIpc) is 2.72. The van der Waals surface area contributed by atoms with Crippen molar-refractivity contribution in [3.8, 4) is 0 Å². The summed E-state index contributed by atoms with van der Waals surface area (Å²) in [6.45, 7) is 6.09. The number of hydrogen-bond donors (Lipinski definition) is 1. The molecule has 16 heavy (non-hydrogen) atoms. The summed E-state index contributed by atoms with van der Waals surface area (Å²) in [6.07, 6.45) is 2.49. The summed E-state index contributed by atoms with van der Waals surface area (Å²) < 4.78 is 28.1. The molecule has 0 aliphatic carbocycles. The molecular formula is C11H23NO3S. The smallest absolute Gasteiger partial charge is 0.151 e. The quantitative estimate of drug-likeness (QED) is 0.679. The predicted molar refractivity (Wildman–Crippen MR) is 65.3 cm³/mol. The minimum absolute atomic E-state index is 0.235. The summed E-state index contributed by atoms with van der Waals surface area (Å²) in [4.78, 5) is 0. The molecule has 1 saturated heterocycles. The van der Waals surface area contributed by atoms with Gasteiger partial charge in [-0.15, -0.1) is 0 Å². The first-order valence-electron chi connectivity index (χ1n) is 6.11. The van der Waals surface area contributed by atoms with E-state index < -0.39 is 9.84 Å². The van der Waals surface area contributed by atoms with E-state index in [1.807, 2.05) is 0 Å². The van der Waals surface area contributed by atoms with Crippen LogP contribution in [-0.4, -0.2) is 45.7 Å². The van der Waals surface area contributed by atoms with E-state index in [0.717, 1.165) is 26.0 Å². The van der Waals surface area contributed by atoms with Crippen molar-refractivity contribution in [1.29, 1.82) is 0 Å². The van der Waals surface area contributed by atoms with Gasteiger partial charge in [0.2, 0.25) is 0 Å². The van der Waals surface area contributed by atoms with Gasteiger partial charge in [0.15, 0.2) is 9.84 Å². The molecule has 1 rings (SSSR count). The molecule has 5 heteroatoms. The van der Waals surface area contributed by atoms with Crippen LogP contribution in [0, 0.1) is 5.92 Å². The lowest BCUT2D eigenvalue weighted by Gasteiger charge is -2.17. The van der Waals surface area contributed by atoms with Crippen LogP contribution in [0.15, 0.2) is 0 Å². The van der Waals surface area contributed by atoms with Crippen molar-refractivity contribution in [3.05, 3.63) is 0 Å². The van der Waals surface area contributed by atoms with Gasteiger partial charge >= 0.3 is 0 Å². The summed E-state index contributed by atoms with van der Waals surface area (Å²) in [5.41, 5.74) is 0. The SMILES string of the molecule is CCC1OCCC1CNCCS(=O)(=O)CC. The highest BCUT2D eigenvalue weighted by Crippen LogP contribution is 2.22. The van der Waals surface area contributed by atoms with Crippen LogP contribution in [0.25, 0.3) is 0 Å². The van der Waals surface area contributed by atoms with E-state index >= 15 is 0 Å². The summed E-state index contributed by atoms with van der Waals surface area (Å²) in [5, 5.41) is 3.22. The Hall–Kier alpha value is -0.130. The Kier molecular flexibility index (Phi) is 5.72. The molecule has 1 fully saturated rings. The van der Waals surface area contributed by atoms with Crippen molar-refractivity contribution in [3.63, 3.8) is 0 Å². The van der Waals surface area contributed by atoms with E-state index in [1.165, 1.54) is 0 Å². The Balaban J connectivity index is 2.16. The first-order valence-corrected chi connectivity index (χ1v) is 7.94. The van der Waals surface area contributed by atoms with Crippen molar-refractivity contribution in [1.82, 2.24) is 5.32 Å². The molecule has 1 aliphatic rings. The van der Waals surface area contributed by atoms with Gasteiger partial charge in [-0.2, -0.15) is 0 Å². The molecule has 0 aromatic rings. The number of rotatable bonds is 7. The number of hydrogen-bond acceptors (Lipinski definition) is 4. The van der Waals surface area contributed by atoms with E-state index in [-0.39, 0.29) is 11.5 Å². The third kappa shape index (κ3) is 4.39. The lowest BCUT2D eigenvalue weighted by molar-refractivity contribution is 0.0874. The summed E-state index contributed by atoms with van der Waals surface area (Å²) in [5.74, 6) is 1.03. The van der Waals surface area contributed by atoms with Gasteiger partial charge in [-0.05, 0) is 18.8 Å². The van der Waals surface area contributed by atoms with Gasteiger partial charge in [0.25, 0.3) is 0 Å². The third-order valence-corrected chi connectivity index (χ3v) is 4.89. The zero-order valence-electron chi connectivity index (χ0n) is 10.2. The molecule has 0 aromatic carbocycles. The maximum atomic E-state index is 11.3. The van der Waals surface area contributed by atoms with E-state index in [2.05, 4.69) is 12.2 Å². The zero-order valence-corrected chi connectivity index (χ0v) is 11.1. The number of ether oxygens (including phenoxy) is 1. The predicted octanol–water partition coefficient (Wildman–Crippen LogP) is 0.826. The van der Waals surface area contributed by atoms with Crippen LogP contribution in [0.5, 0.6) is 0 Å². The summed E-state index contributed by atoms with van der Waals surface area (Å²) in [7, 11) is -2.83. The lowest BCUT2D eigenvalue weighted by atomic mass is 10.00. The first kappa shape index (κ1) is 13.9.